The van der Waals surface area contributed by atoms with Gasteiger partial charge in [0, 0.05) is 31.2 Å². The van der Waals surface area contributed by atoms with Crippen LogP contribution in [0.4, 0.5) is 0 Å². The molecule has 7 fully saturated rings. The molecule has 15 nitrogen and oxygen atoms in total. The summed E-state index contributed by atoms with van der Waals surface area (Å²) in [7, 11) is 0. The van der Waals surface area contributed by atoms with Gasteiger partial charge in [0.1, 0.15) is 48.1 Å². The number of fused-ring (bicyclic) bond motifs is 4. The topological polar surface area (TPSA) is 183 Å². The van der Waals surface area contributed by atoms with Gasteiger partial charge in [0.05, 0.1) is 32.1 Å². The number of likely N-dealkylation sites (tertiary alicyclic amines) is 1. The highest BCUT2D eigenvalue weighted by atomic mass is 16.8. The minimum atomic E-state index is -1.43. The number of rotatable bonds is 15. The second kappa shape index (κ2) is 15.3. The summed E-state index contributed by atoms with van der Waals surface area (Å²) in [5.41, 5.74) is -0.444. The number of ether oxygens (including phenoxy) is 5. The zero-order chi connectivity index (χ0) is 39.4. The average molecular weight is 782 g/mol. The van der Waals surface area contributed by atoms with Gasteiger partial charge in [-0.05, 0) is 82.9 Å². The Balaban J connectivity index is 1.07. The van der Waals surface area contributed by atoms with E-state index in [1.807, 2.05) is 24.3 Å². The van der Waals surface area contributed by atoms with Crippen molar-refractivity contribution in [2.45, 2.75) is 139 Å². The van der Waals surface area contributed by atoms with Gasteiger partial charge in [0.25, 0.3) is 0 Å². The number of aliphatic hydroxyl groups is 2. The molecule has 3 N–H and O–H groups in total. The molecule has 8 unspecified atom stereocenters. The average Bonchev–Trinajstić information content (AvgIpc) is 4.08. The maximum Gasteiger partial charge on any atom is 0.327 e. The quantitative estimate of drug-likeness (QED) is 0.134. The number of hydroxylamine groups is 2. The van der Waals surface area contributed by atoms with E-state index in [1.54, 1.807) is 36.8 Å². The van der Waals surface area contributed by atoms with E-state index in [9.17, 15) is 19.5 Å². The molecule has 1 aromatic carbocycles. The number of carbonyl (C=O) groups is 4. The first-order chi connectivity index (χ1) is 26.9. The molecule has 4 aliphatic heterocycles. The van der Waals surface area contributed by atoms with Crippen LogP contribution in [0.2, 0.25) is 0 Å². The van der Waals surface area contributed by atoms with Gasteiger partial charge in [0.15, 0.2) is 11.8 Å². The predicted octanol–water partition coefficient (Wildman–Crippen LogP) is 2.36. The van der Waals surface area contributed by atoms with Crippen molar-refractivity contribution in [3.63, 3.8) is 0 Å². The third-order valence-electron chi connectivity index (χ3n) is 12.2. The number of aliphatic hydroxyl groups excluding tert-OH is 2. The first-order valence-corrected chi connectivity index (χ1v) is 20.3. The Labute approximate surface area is 326 Å². The molecule has 0 radical (unpaired) electrons. The first-order valence-electron chi connectivity index (χ1n) is 20.3. The molecule has 4 heterocycles. The second-order valence-electron chi connectivity index (χ2n) is 17.5. The van der Waals surface area contributed by atoms with Crippen LogP contribution >= 0.6 is 0 Å². The fourth-order valence-corrected chi connectivity index (χ4v) is 9.61. The van der Waals surface area contributed by atoms with Gasteiger partial charge in [-0.2, -0.15) is 5.06 Å². The van der Waals surface area contributed by atoms with E-state index < -0.39 is 83.8 Å². The van der Waals surface area contributed by atoms with Crippen LogP contribution in [-0.2, 0) is 54.2 Å². The van der Waals surface area contributed by atoms with Crippen LogP contribution in [0.1, 0.15) is 89.7 Å². The molecule has 1 aromatic rings. The van der Waals surface area contributed by atoms with Crippen molar-refractivity contribution in [1.29, 1.82) is 0 Å². The Morgan fingerprint density at radius 3 is 2.52 bits per heavy atom. The van der Waals surface area contributed by atoms with E-state index in [0.717, 1.165) is 36.8 Å². The van der Waals surface area contributed by atoms with E-state index >= 15 is 4.79 Å². The molecule has 56 heavy (non-hydrogen) atoms. The fourth-order valence-electron chi connectivity index (χ4n) is 9.61. The number of hydrogen-bond donors (Lipinski definition) is 3. The van der Waals surface area contributed by atoms with Gasteiger partial charge in [-0.3, -0.25) is 24.0 Å². The van der Waals surface area contributed by atoms with Crippen molar-refractivity contribution in [1.82, 2.24) is 15.3 Å². The molecular weight excluding hydrogens is 726 g/mol. The van der Waals surface area contributed by atoms with Crippen LogP contribution < -0.4 is 5.32 Å². The minimum Gasteiger partial charge on any atom is -0.499 e. The van der Waals surface area contributed by atoms with Crippen molar-refractivity contribution >= 4 is 29.8 Å². The number of nitrogens with one attached hydrogen (secondary N) is 1. The van der Waals surface area contributed by atoms with Gasteiger partial charge in [-0.25, -0.2) is 0 Å². The van der Waals surface area contributed by atoms with Gasteiger partial charge >= 0.3 is 11.9 Å². The largest absolute Gasteiger partial charge is 0.499 e. The third kappa shape index (κ3) is 7.35. The molecule has 306 valence electrons. The van der Waals surface area contributed by atoms with E-state index in [1.165, 1.54) is 6.26 Å². The van der Waals surface area contributed by atoms with Crippen LogP contribution in [-0.4, -0.2) is 124 Å². The van der Waals surface area contributed by atoms with E-state index in [4.69, 9.17) is 33.6 Å². The Bertz CT molecular complexity index is 1690. The first kappa shape index (κ1) is 39.2. The Morgan fingerprint density at radius 2 is 1.82 bits per heavy atom. The summed E-state index contributed by atoms with van der Waals surface area (Å²) in [5.74, 6) is -2.15. The number of hydrogen-bond acceptors (Lipinski definition) is 13. The molecule has 8 atom stereocenters. The standard InChI is InChI=1S/C41H55N3O12/c1-39(2,3)53-31(47)14-13-28(23-46)42-36(48)29-8-5-16-43(29)38(50)40-21-30-32-33(55-41(54-32,26-9-10-26)27-11-12-27)35(40)56-44(34(40)37(49)52-30)22-25-7-4-6-24(20-25)15-18-51-19-17-45/h4,6-7,15,18,20,26-30,32-35,45-46H,5,8-14,16-17,19,21-23H2,1-3H3,(H,42,48). The molecule has 0 spiro atoms. The molecule has 8 rings (SSSR count). The molecule has 2 bridgehead atoms. The van der Waals surface area contributed by atoms with Crippen molar-refractivity contribution in [3.8, 4) is 0 Å². The lowest BCUT2D eigenvalue weighted by molar-refractivity contribution is -0.235. The zero-order valence-electron chi connectivity index (χ0n) is 32.4. The summed E-state index contributed by atoms with van der Waals surface area (Å²) in [6.07, 6.45) is 5.60. The highest BCUT2D eigenvalue weighted by molar-refractivity contribution is 5.96. The molecule has 7 aliphatic rings. The smallest absolute Gasteiger partial charge is 0.327 e. The summed E-state index contributed by atoms with van der Waals surface area (Å²) in [5, 5.41) is 23.6. The van der Waals surface area contributed by atoms with E-state index in [2.05, 4.69) is 5.32 Å². The third-order valence-corrected chi connectivity index (χ3v) is 12.2. The summed E-state index contributed by atoms with van der Waals surface area (Å²) in [6.45, 7) is 5.46. The van der Waals surface area contributed by atoms with E-state index in [0.29, 0.717) is 19.4 Å². The van der Waals surface area contributed by atoms with Crippen LogP contribution in [0.3, 0.4) is 0 Å². The Kier molecular flexibility index (Phi) is 10.7. The van der Waals surface area contributed by atoms with Crippen molar-refractivity contribution in [2.75, 3.05) is 26.4 Å². The van der Waals surface area contributed by atoms with Gasteiger partial charge < -0.3 is 44.1 Å². The maximum atomic E-state index is 15.4. The van der Waals surface area contributed by atoms with Crippen molar-refractivity contribution in [2.24, 2.45) is 17.3 Å². The second-order valence-corrected chi connectivity index (χ2v) is 17.5. The summed E-state index contributed by atoms with van der Waals surface area (Å²) in [6, 6.07) is 4.92. The zero-order valence-corrected chi connectivity index (χ0v) is 32.4. The van der Waals surface area contributed by atoms with Gasteiger partial charge in [-0.1, -0.05) is 24.3 Å². The van der Waals surface area contributed by atoms with Crippen molar-refractivity contribution < 1.29 is 57.9 Å². The summed E-state index contributed by atoms with van der Waals surface area (Å²) < 4.78 is 30.8. The van der Waals surface area contributed by atoms with E-state index in [-0.39, 0.29) is 56.8 Å². The molecule has 4 saturated heterocycles. The van der Waals surface area contributed by atoms with Crippen LogP contribution in [0.5, 0.6) is 0 Å². The maximum absolute atomic E-state index is 15.4. The minimum absolute atomic E-state index is 0.00372. The summed E-state index contributed by atoms with van der Waals surface area (Å²) >= 11 is 0. The molecule has 3 saturated carbocycles. The number of benzene rings is 1. The molecule has 3 aliphatic carbocycles. The van der Waals surface area contributed by atoms with Gasteiger partial charge in [0.2, 0.25) is 11.8 Å². The number of amides is 2. The number of esters is 2. The monoisotopic (exact) mass is 781 g/mol. The highest BCUT2D eigenvalue weighted by Crippen LogP contribution is 2.64. The number of carbonyl (C=O) groups excluding carboxylic acids is 4. The normalized spacial score (nSPS) is 32.6. The predicted molar refractivity (Wildman–Crippen MR) is 196 cm³/mol. The molecular formula is C41H55N3O12. The lowest BCUT2D eigenvalue weighted by Crippen LogP contribution is -2.70. The highest BCUT2D eigenvalue weighted by Gasteiger charge is 2.78. The number of nitrogens with zero attached hydrogens (tertiary/aromatic N) is 2. The Hall–Kier alpha value is -3.60. The van der Waals surface area contributed by atoms with Crippen LogP contribution in [0.25, 0.3) is 6.08 Å². The van der Waals surface area contributed by atoms with Crippen molar-refractivity contribution in [3.05, 3.63) is 41.7 Å². The van der Waals surface area contributed by atoms with Crippen LogP contribution in [0, 0.1) is 17.3 Å². The van der Waals surface area contributed by atoms with Crippen LogP contribution in [0.15, 0.2) is 30.5 Å². The molecule has 15 heteroatoms. The lowest BCUT2D eigenvalue weighted by atomic mass is 9.62. The molecule has 2 amide bonds. The SMILES string of the molecule is CC(C)(C)OC(=O)CCC(CO)NC(=O)C1CCCN1C(=O)C12CC3OC(=O)C1N(Cc1cccc(C=COCCO)c1)OC2C1OC(C2CC2)(C2CC2)OC31. The fraction of sp³-hybridized carbons (Fsp3) is 0.707. The Morgan fingerprint density at radius 1 is 1.07 bits per heavy atom. The summed E-state index contributed by atoms with van der Waals surface area (Å²) in [4.78, 5) is 64.4. The van der Waals surface area contributed by atoms with Gasteiger partial charge in [-0.15, -0.1) is 0 Å². The lowest BCUT2D eigenvalue weighted by Gasteiger charge is -2.50. The molecule has 0 aromatic heterocycles.